The smallest absolute Gasteiger partial charge is 0.337 e. The molecule has 1 saturated heterocycles. The van der Waals surface area contributed by atoms with Crippen LogP contribution in [0.3, 0.4) is 0 Å². The fourth-order valence-electron chi connectivity index (χ4n) is 3.85. The van der Waals surface area contributed by atoms with Crippen molar-refractivity contribution in [1.29, 1.82) is 0 Å². The lowest BCUT2D eigenvalue weighted by molar-refractivity contribution is -0.122. The molecular formula is C22H24N4O6. The van der Waals surface area contributed by atoms with Gasteiger partial charge < -0.3 is 19.5 Å². The third kappa shape index (κ3) is 4.85. The van der Waals surface area contributed by atoms with Gasteiger partial charge in [0.2, 0.25) is 0 Å². The molecule has 0 aliphatic carbocycles. The van der Waals surface area contributed by atoms with Crippen molar-refractivity contribution in [2.45, 2.75) is 12.8 Å². The normalized spacial score (nSPS) is 15.1. The van der Waals surface area contributed by atoms with E-state index in [0.717, 1.165) is 17.7 Å². The van der Waals surface area contributed by atoms with Crippen LogP contribution in [-0.4, -0.2) is 70.3 Å². The molecule has 1 unspecified atom stereocenters. The summed E-state index contributed by atoms with van der Waals surface area (Å²) in [7, 11) is 2.97. The zero-order valence-electron chi connectivity index (χ0n) is 17.8. The Hall–Kier alpha value is -3.95. The second-order valence-electron chi connectivity index (χ2n) is 7.17. The number of likely N-dealkylation sites (tertiary alicyclic amines) is 1. The molecule has 1 atom stereocenters. The highest BCUT2D eigenvalue weighted by atomic mass is 16.5. The molecule has 1 N–H and O–H groups in total. The van der Waals surface area contributed by atoms with Gasteiger partial charge in [0, 0.05) is 13.1 Å². The first-order valence-corrected chi connectivity index (χ1v) is 9.93. The van der Waals surface area contributed by atoms with Gasteiger partial charge in [0.05, 0.1) is 19.8 Å². The zero-order chi connectivity index (χ0) is 23.1. The summed E-state index contributed by atoms with van der Waals surface area (Å²) < 4.78 is 11.8. The number of nitrogens with zero attached hydrogens (tertiary/aromatic N) is 4. The minimum absolute atomic E-state index is 0.0566. The molecule has 2 aromatic heterocycles. The van der Waals surface area contributed by atoms with Gasteiger partial charge in [-0.1, -0.05) is 6.07 Å². The Balaban J connectivity index is 0.000000913. The molecule has 3 aromatic rings. The van der Waals surface area contributed by atoms with Gasteiger partial charge in [-0.15, -0.1) is 0 Å². The van der Waals surface area contributed by atoms with Crippen molar-refractivity contribution < 1.29 is 29.0 Å². The molecule has 10 heteroatoms. The van der Waals surface area contributed by atoms with Crippen LogP contribution in [0.5, 0.6) is 5.75 Å². The van der Waals surface area contributed by atoms with Gasteiger partial charge in [0.15, 0.2) is 5.65 Å². The van der Waals surface area contributed by atoms with Gasteiger partial charge in [0.1, 0.15) is 17.8 Å². The summed E-state index contributed by atoms with van der Waals surface area (Å²) in [6.07, 6.45) is 3.04. The van der Waals surface area contributed by atoms with Crippen molar-refractivity contribution in [3.8, 4) is 5.75 Å². The van der Waals surface area contributed by atoms with E-state index in [1.54, 1.807) is 29.8 Å². The topological polar surface area (TPSA) is 123 Å². The number of hydrogen-bond acceptors (Lipinski definition) is 7. The van der Waals surface area contributed by atoms with Crippen LogP contribution in [0.25, 0.3) is 5.65 Å². The number of pyridine rings is 1. The molecule has 32 heavy (non-hydrogen) atoms. The lowest BCUT2D eigenvalue weighted by Gasteiger charge is -2.18. The van der Waals surface area contributed by atoms with Gasteiger partial charge in [-0.2, -0.15) is 5.10 Å². The van der Waals surface area contributed by atoms with E-state index in [1.165, 1.54) is 13.4 Å². The van der Waals surface area contributed by atoms with Crippen LogP contribution >= 0.6 is 0 Å². The summed E-state index contributed by atoms with van der Waals surface area (Å²) in [4.78, 5) is 39.2. The number of fused-ring (bicyclic) bond motifs is 1. The Labute approximate surface area is 184 Å². The molecule has 1 fully saturated rings. The largest absolute Gasteiger partial charge is 0.496 e. The van der Waals surface area contributed by atoms with Crippen molar-refractivity contribution in [2.75, 3.05) is 27.3 Å². The molecule has 0 radical (unpaired) electrons. The molecule has 1 aromatic carbocycles. The van der Waals surface area contributed by atoms with Gasteiger partial charge in [0.25, 0.3) is 12.4 Å². The molecule has 0 bridgehead atoms. The number of aromatic nitrogens is 3. The van der Waals surface area contributed by atoms with Crippen molar-refractivity contribution >= 4 is 24.0 Å². The van der Waals surface area contributed by atoms with E-state index in [9.17, 15) is 9.59 Å². The van der Waals surface area contributed by atoms with Crippen LogP contribution in [0, 0.1) is 5.92 Å². The van der Waals surface area contributed by atoms with Crippen LogP contribution in [0.4, 0.5) is 0 Å². The quantitative estimate of drug-likeness (QED) is 0.472. The lowest BCUT2D eigenvalue weighted by atomic mass is 9.96. The van der Waals surface area contributed by atoms with E-state index in [2.05, 4.69) is 10.1 Å². The minimum atomic E-state index is -0.377. The molecule has 1 aliphatic heterocycles. The van der Waals surface area contributed by atoms with Gasteiger partial charge >= 0.3 is 5.97 Å². The summed E-state index contributed by atoms with van der Waals surface area (Å²) >= 11 is 0. The summed E-state index contributed by atoms with van der Waals surface area (Å²) in [6.45, 7) is 1.06. The highest BCUT2D eigenvalue weighted by Crippen LogP contribution is 2.28. The number of esters is 1. The molecule has 1 aliphatic rings. The first-order valence-electron chi connectivity index (χ1n) is 9.93. The molecule has 168 valence electrons. The monoisotopic (exact) mass is 440 g/mol. The Kier molecular flexibility index (Phi) is 7.37. The predicted octanol–water partition coefficient (Wildman–Crippen LogP) is 1.93. The maximum atomic E-state index is 13.0. The average molecular weight is 440 g/mol. The van der Waals surface area contributed by atoms with E-state index in [1.807, 2.05) is 23.1 Å². The van der Waals surface area contributed by atoms with Crippen LogP contribution < -0.4 is 4.74 Å². The van der Waals surface area contributed by atoms with Crippen molar-refractivity contribution in [3.05, 3.63) is 59.5 Å². The van der Waals surface area contributed by atoms with Crippen LogP contribution in [0.2, 0.25) is 0 Å². The number of hydrogen-bond donors (Lipinski definition) is 1. The third-order valence-corrected chi connectivity index (χ3v) is 5.30. The first-order chi connectivity index (χ1) is 15.5. The number of rotatable bonds is 5. The summed E-state index contributed by atoms with van der Waals surface area (Å²) in [5.74, 6) is 0.572. The highest BCUT2D eigenvalue weighted by molar-refractivity contribution is 5.93. The molecule has 0 saturated carbocycles. The fourth-order valence-corrected chi connectivity index (χ4v) is 3.85. The molecule has 3 heterocycles. The fraction of sp³-hybridized carbons (Fsp3) is 0.318. The number of ether oxygens (including phenoxy) is 2. The van der Waals surface area contributed by atoms with E-state index >= 15 is 0 Å². The molecule has 10 nitrogen and oxygen atoms in total. The van der Waals surface area contributed by atoms with Gasteiger partial charge in [-0.25, -0.2) is 14.3 Å². The van der Waals surface area contributed by atoms with Crippen LogP contribution in [-0.2, 0) is 16.0 Å². The average Bonchev–Trinajstić information content (AvgIpc) is 3.48. The van der Waals surface area contributed by atoms with E-state index in [0.29, 0.717) is 36.4 Å². The maximum absolute atomic E-state index is 13.0. The molecule has 4 rings (SSSR count). The molecule has 0 spiro atoms. The number of carboxylic acid groups (broad SMARTS) is 1. The van der Waals surface area contributed by atoms with Crippen LogP contribution in [0.1, 0.15) is 32.8 Å². The predicted molar refractivity (Wildman–Crippen MR) is 114 cm³/mol. The van der Waals surface area contributed by atoms with Crippen molar-refractivity contribution in [1.82, 2.24) is 19.5 Å². The van der Waals surface area contributed by atoms with E-state index < -0.39 is 0 Å². The number of methoxy groups -OCH3 is 2. The lowest BCUT2D eigenvalue weighted by Crippen LogP contribution is -2.30. The third-order valence-electron chi connectivity index (χ3n) is 5.30. The van der Waals surface area contributed by atoms with E-state index in [4.69, 9.17) is 19.4 Å². The maximum Gasteiger partial charge on any atom is 0.337 e. The Bertz CT molecular complexity index is 1110. The molecular weight excluding hydrogens is 416 g/mol. The number of amides is 1. The second-order valence-corrected chi connectivity index (χ2v) is 7.17. The SMILES string of the molecule is COC(=O)c1ccc(OC)c(CC2CCN(C(=O)c3cccc4ncnn34)C2)c1.O=CO. The first kappa shape index (κ1) is 22.7. The van der Waals surface area contributed by atoms with Gasteiger partial charge in [-0.3, -0.25) is 9.59 Å². The van der Waals surface area contributed by atoms with Crippen LogP contribution in [0.15, 0.2) is 42.7 Å². The Morgan fingerprint density at radius 1 is 1.25 bits per heavy atom. The molecule has 1 amide bonds. The summed E-state index contributed by atoms with van der Waals surface area (Å²) in [5.41, 5.74) is 2.59. The Morgan fingerprint density at radius 2 is 2.03 bits per heavy atom. The zero-order valence-corrected chi connectivity index (χ0v) is 17.8. The number of carbonyl (C=O) groups is 3. The summed E-state index contributed by atoms with van der Waals surface area (Å²) in [6, 6.07) is 10.7. The summed E-state index contributed by atoms with van der Waals surface area (Å²) in [5, 5.41) is 11.0. The van der Waals surface area contributed by atoms with Crippen molar-refractivity contribution in [2.24, 2.45) is 5.92 Å². The van der Waals surface area contributed by atoms with Crippen molar-refractivity contribution in [3.63, 3.8) is 0 Å². The Morgan fingerprint density at radius 3 is 2.75 bits per heavy atom. The number of benzene rings is 1. The highest BCUT2D eigenvalue weighted by Gasteiger charge is 2.29. The minimum Gasteiger partial charge on any atom is -0.496 e. The van der Waals surface area contributed by atoms with E-state index in [-0.39, 0.29) is 24.3 Å². The number of carbonyl (C=O) groups excluding carboxylic acids is 2. The second kappa shape index (κ2) is 10.4. The van der Waals surface area contributed by atoms with Gasteiger partial charge in [-0.05, 0) is 54.7 Å². The standard InChI is InChI=1S/C21H22N4O4.CH2O2/c1-28-18-7-6-15(21(27)29-2)11-16(18)10-14-8-9-24(12-14)20(26)17-4-3-5-19-22-13-23-25(17)19;2-1-3/h3-7,11,13-14H,8-10,12H2,1-2H3;1H,(H,2,3).